The van der Waals surface area contributed by atoms with Crippen molar-refractivity contribution < 1.29 is 24.5 Å². The highest BCUT2D eigenvalue weighted by Crippen LogP contribution is 2.52. The Labute approximate surface area is 217 Å². The van der Waals surface area contributed by atoms with E-state index in [0.717, 1.165) is 21.2 Å². The maximum absolute atomic E-state index is 11.4. The van der Waals surface area contributed by atoms with Crippen molar-refractivity contribution in [3.8, 4) is 11.5 Å². The number of alkyl halides is 1. The lowest BCUT2D eigenvalue weighted by Gasteiger charge is -2.42. The maximum atomic E-state index is 11.4. The van der Waals surface area contributed by atoms with Crippen LogP contribution in [0.4, 0.5) is 0 Å². The number of methoxy groups -OCH3 is 1. The number of carbonyl (C=O) groups is 1. The Kier molecular flexibility index (Phi) is 8.00. The monoisotopic (exact) mass is 592 g/mol. The van der Waals surface area contributed by atoms with E-state index in [1.807, 2.05) is 37.3 Å². The van der Waals surface area contributed by atoms with E-state index in [0.29, 0.717) is 29.2 Å². The summed E-state index contributed by atoms with van der Waals surface area (Å²) in [5.41, 5.74) is 2.80. The molecule has 0 radical (unpaired) electrons. The van der Waals surface area contributed by atoms with Gasteiger partial charge in [0.2, 0.25) is 0 Å². The Morgan fingerprint density at radius 3 is 2.50 bits per heavy atom. The van der Waals surface area contributed by atoms with E-state index in [2.05, 4.69) is 52.6 Å². The third-order valence-corrected chi connectivity index (χ3v) is 8.33. The van der Waals surface area contributed by atoms with Crippen LogP contribution in [0.15, 0.2) is 64.4 Å². The van der Waals surface area contributed by atoms with Gasteiger partial charge in [-0.1, -0.05) is 94.1 Å². The predicted octanol–water partition coefficient (Wildman–Crippen LogP) is 7.06. The first-order valence-electron chi connectivity index (χ1n) is 11.0. The first kappa shape index (κ1) is 26.5. The number of aliphatic carboxylic acids is 1. The molecule has 7 heteroatoms. The Morgan fingerprint density at radius 2 is 1.91 bits per heavy atom. The minimum Gasteiger partial charge on any atom is -0.497 e. The van der Waals surface area contributed by atoms with Gasteiger partial charge in [-0.15, -0.1) is 0 Å². The summed E-state index contributed by atoms with van der Waals surface area (Å²) in [6.07, 6.45) is 1.40. The topological polar surface area (TPSA) is 76.0 Å². The molecular weight excluding hydrogens is 564 g/mol. The molecule has 0 fully saturated rings. The maximum Gasteiger partial charge on any atom is 0.307 e. The molecule has 2 atom stereocenters. The van der Waals surface area contributed by atoms with Gasteiger partial charge >= 0.3 is 5.97 Å². The molecule has 0 heterocycles. The van der Waals surface area contributed by atoms with Crippen molar-refractivity contribution in [3.05, 3.63) is 81.0 Å². The molecule has 1 aliphatic carbocycles. The number of rotatable bonds is 7. The lowest BCUT2D eigenvalue weighted by Crippen LogP contribution is -2.41. The second-order valence-corrected chi connectivity index (χ2v) is 11.8. The summed E-state index contributed by atoms with van der Waals surface area (Å²) in [5.74, 6) is 0.843. The number of carboxylic acid groups (broad SMARTS) is 1. The van der Waals surface area contributed by atoms with Crippen LogP contribution in [0.3, 0.4) is 0 Å². The van der Waals surface area contributed by atoms with Crippen molar-refractivity contribution in [2.24, 2.45) is 5.41 Å². The van der Waals surface area contributed by atoms with Gasteiger partial charge in [-0.05, 0) is 36.1 Å². The van der Waals surface area contributed by atoms with Gasteiger partial charge in [0.15, 0.2) is 0 Å². The molecule has 182 valence electrons. The SMILES string of the molecule is COc1ccc(OC2=C(Br)CC(CC(=O)O)=CC2(Br)C(C)(C)C)c(C(O)c2cccc(C)c2)c1. The van der Waals surface area contributed by atoms with Crippen LogP contribution < -0.4 is 9.47 Å². The van der Waals surface area contributed by atoms with Crippen molar-refractivity contribution >= 4 is 37.8 Å². The van der Waals surface area contributed by atoms with Gasteiger partial charge in [0.05, 0.1) is 13.5 Å². The fourth-order valence-electron chi connectivity index (χ4n) is 3.96. The quantitative estimate of drug-likeness (QED) is 0.266. The molecule has 0 saturated carbocycles. The molecular formula is C27H30Br2O5. The molecule has 0 spiro atoms. The summed E-state index contributed by atoms with van der Waals surface area (Å²) in [6.45, 7) is 8.15. The van der Waals surface area contributed by atoms with Gasteiger partial charge in [-0.25, -0.2) is 0 Å². The van der Waals surface area contributed by atoms with Crippen molar-refractivity contribution in [2.45, 2.75) is 51.0 Å². The van der Waals surface area contributed by atoms with Crippen LogP contribution in [0, 0.1) is 12.3 Å². The number of hydrogen-bond acceptors (Lipinski definition) is 4. The van der Waals surface area contributed by atoms with Crippen molar-refractivity contribution in [1.82, 2.24) is 0 Å². The largest absolute Gasteiger partial charge is 0.497 e. The number of aliphatic hydroxyl groups excluding tert-OH is 1. The highest BCUT2D eigenvalue weighted by Gasteiger charge is 2.47. The molecule has 5 nitrogen and oxygen atoms in total. The second kappa shape index (κ2) is 10.3. The summed E-state index contributed by atoms with van der Waals surface area (Å²) in [7, 11) is 1.58. The van der Waals surface area contributed by atoms with E-state index in [1.165, 1.54) is 0 Å². The highest BCUT2D eigenvalue weighted by atomic mass is 79.9. The number of carboxylic acids is 1. The summed E-state index contributed by atoms with van der Waals surface area (Å²) < 4.78 is 11.9. The molecule has 2 N–H and O–H groups in total. The second-order valence-electron chi connectivity index (χ2n) is 9.57. The van der Waals surface area contributed by atoms with E-state index in [9.17, 15) is 15.0 Å². The summed E-state index contributed by atoms with van der Waals surface area (Å²) in [6, 6.07) is 13.1. The van der Waals surface area contributed by atoms with Crippen molar-refractivity contribution in [1.29, 1.82) is 0 Å². The standard InChI is InChI=1S/C27H30Br2O5/c1-16-7-6-8-18(11-16)24(32)20-14-19(33-5)9-10-22(20)34-25-21(28)12-17(13-23(30)31)15-27(25,29)26(2,3)4/h6-11,14-15,24,32H,12-13H2,1-5H3,(H,30,31). The summed E-state index contributed by atoms with van der Waals surface area (Å²) >= 11 is 7.54. The number of allylic oxidation sites excluding steroid dienone is 2. The number of halogens is 2. The molecule has 0 aromatic heterocycles. The molecule has 2 aromatic rings. The number of ether oxygens (including phenoxy) is 2. The van der Waals surface area contributed by atoms with Crippen LogP contribution in [-0.2, 0) is 4.79 Å². The fraction of sp³-hybridized carbons (Fsp3) is 0.370. The Morgan fingerprint density at radius 1 is 1.21 bits per heavy atom. The Balaban J connectivity index is 2.09. The molecule has 2 aromatic carbocycles. The van der Waals surface area contributed by atoms with E-state index >= 15 is 0 Å². The van der Waals surface area contributed by atoms with E-state index in [1.54, 1.807) is 25.3 Å². The molecule has 2 unspecified atom stereocenters. The Bertz CT molecular complexity index is 1150. The lowest BCUT2D eigenvalue weighted by atomic mass is 9.75. The normalized spacial score (nSPS) is 19.5. The zero-order valence-electron chi connectivity index (χ0n) is 20.0. The predicted molar refractivity (Wildman–Crippen MR) is 141 cm³/mol. The van der Waals surface area contributed by atoms with Crippen LogP contribution >= 0.6 is 31.9 Å². The van der Waals surface area contributed by atoms with Crippen molar-refractivity contribution in [2.75, 3.05) is 7.11 Å². The minimum atomic E-state index is -0.926. The average Bonchev–Trinajstić information content (AvgIpc) is 2.74. The van der Waals surface area contributed by atoms with Gasteiger partial charge < -0.3 is 19.7 Å². The number of benzene rings is 2. The van der Waals surface area contributed by atoms with Crippen LogP contribution in [-0.4, -0.2) is 27.6 Å². The first-order chi connectivity index (χ1) is 15.9. The van der Waals surface area contributed by atoms with Crippen LogP contribution in [0.5, 0.6) is 11.5 Å². The zero-order valence-corrected chi connectivity index (χ0v) is 23.2. The number of hydrogen-bond donors (Lipinski definition) is 2. The van der Waals surface area contributed by atoms with Gasteiger partial charge in [0.1, 0.15) is 27.7 Å². The van der Waals surface area contributed by atoms with Crippen LogP contribution in [0.2, 0.25) is 0 Å². The third kappa shape index (κ3) is 5.58. The van der Waals surface area contributed by atoms with Crippen LogP contribution in [0.25, 0.3) is 0 Å². The molecule has 3 rings (SSSR count). The molecule has 1 aliphatic rings. The van der Waals surface area contributed by atoms with E-state index < -0.39 is 16.4 Å². The minimum absolute atomic E-state index is 0.0499. The zero-order chi connectivity index (χ0) is 25.3. The van der Waals surface area contributed by atoms with Crippen molar-refractivity contribution in [3.63, 3.8) is 0 Å². The molecule has 0 aliphatic heterocycles. The lowest BCUT2D eigenvalue weighted by molar-refractivity contribution is -0.136. The summed E-state index contributed by atoms with van der Waals surface area (Å²) in [4.78, 5) is 11.4. The van der Waals surface area contributed by atoms with Gasteiger partial charge in [0.25, 0.3) is 0 Å². The third-order valence-electron chi connectivity index (χ3n) is 5.91. The first-order valence-corrected chi connectivity index (χ1v) is 12.5. The molecule has 0 bridgehead atoms. The highest BCUT2D eigenvalue weighted by molar-refractivity contribution is 9.12. The molecule has 0 saturated heterocycles. The van der Waals surface area contributed by atoms with E-state index in [-0.39, 0.29) is 11.8 Å². The average molecular weight is 594 g/mol. The smallest absolute Gasteiger partial charge is 0.307 e. The Hall–Kier alpha value is -2.09. The van der Waals surface area contributed by atoms with Crippen LogP contribution in [0.1, 0.15) is 56.4 Å². The fourth-order valence-corrected chi connectivity index (χ4v) is 5.62. The molecule has 0 amide bonds. The van der Waals surface area contributed by atoms with Gasteiger partial charge in [-0.2, -0.15) is 0 Å². The summed E-state index contributed by atoms with van der Waals surface area (Å²) in [5, 5.41) is 20.6. The number of aliphatic hydroxyl groups is 1. The molecule has 34 heavy (non-hydrogen) atoms. The van der Waals surface area contributed by atoms with Gasteiger partial charge in [-0.3, -0.25) is 4.79 Å². The van der Waals surface area contributed by atoms with E-state index in [4.69, 9.17) is 9.47 Å². The van der Waals surface area contributed by atoms with Gasteiger partial charge in [0, 0.05) is 16.5 Å². The number of aryl methyl sites for hydroxylation is 1.